The van der Waals surface area contributed by atoms with Crippen LogP contribution in [0.1, 0.15) is 21.0 Å². The van der Waals surface area contributed by atoms with Crippen molar-refractivity contribution in [1.29, 1.82) is 0 Å². The molecule has 1 aliphatic heterocycles. The summed E-state index contributed by atoms with van der Waals surface area (Å²) in [7, 11) is 0. The molecule has 2 rings (SSSR count). The van der Waals surface area contributed by atoms with Crippen molar-refractivity contribution in [2.45, 2.75) is 13.3 Å². The van der Waals surface area contributed by atoms with Gasteiger partial charge in [-0.25, -0.2) is 0 Å². The van der Waals surface area contributed by atoms with Crippen LogP contribution in [0.2, 0.25) is 0 Å². The second kappa shape index (κ2) is 5.10. The third-order valence-electron chi connectivity index (χ3n) is 2.68. The van der Waals surface area contributed by atoms with Crippen LogP contribution < -0.4 is 5.73 Å². The Kier molecular flexibility index (Phi) is 3.76. The molecule has 1 aromatic rings. The number of nitrogen functional groups attached to an aromatic ring is 1. The number of aryl methyl sites for hydroxylation is 1. The first-order chi connectivity index (χ1) is 7.68. The Morgan fingerprint density at radius 3 is 2.94 bits per heavy atom. The molecule has 1 aromatic heterocycles. The van der Waals surface area contributed by atoms with E-state index < -0.39 is 0 Å². The Labute approximate surface area is 104 Å². The SMILES string of the molecule is Cc1sc(C(=O)N2CCCSCC2)cc1N. The molecule has 2 heterocycles. The van der Waals surface area contributed by atoms with Gasteiger partial charge in [0, 0.05) is 29.4 Å². The van der Waals surface area contributed by atoms with Gasteiger partial charge >= 0.3 is 0 Å². The van der Waals surface area contributed by atoms with Crippen LogP contribution in [0.3, 0.4) is 0 Å². The van der Waals surface area contributed by atoms with Gasteiger partial charge < -0.3 is 10.6 Å². The van der Waals surface area contributed by atoms with Crippen LogP contribution >= 0.6 is 23.1 Å². The van der Waals surface area contributed by atoms with Gasteiger partial charge in [-0.15, -0.1) is 11.3 Å². The van der Waals surface area contributed by atoms with Crippen molar-refractivity contribution in [3.8, 4) is 0 Å². The summed E-state index contributed by atoms with van der Waals surface area (Å²) in [6.07, 6.45) is 1.09. The zero-order valence-electron chi connectivity index (χ0n) is 9.36. The summed E-state index contributed by atoms with van der Waals surface area (Å²) in [5.74, 6) is 2.35. The molecular weight excluding hydrogens is 240 g/mol. The van der Waals surface area contributed by atoms with E-state index in [0.29, 0.717) is 0 Å². The summed E-state index contributed by atoms with van der Waals surface area (Å²) in [5, 5.41) is 0. The van der Waals surface area contributed by atoms with E-state index in [-0.39, 0.29) is 5.91 Å². The number of nitrogens with zero attached hydrogens (tertiary/aromatic N) is 1. The van der Waals surface area contributed by atoms with Gasteiger partial charge in [0.05, 0.1) is 4.88 Å². The highest BCUT2D eigenvalue weighted by Gasteiger charge is 2.19. The summed E-state index contributed by atoms with van der Waals surface area (Å²) >= 11 is 3.43. The number of carbonyl (C=O) groups excluding carboxylic acids is 1. The predicted molar refractivity (Wildman–Crippen MR) is 71.3 cm³/mol. The molecule has 1 aliphatic rings. The summed E-state index contributed by atoms with van der Waals surface area (Å²) in [5.41, 5.74) is 6.51. The van der Waals surface area contributed by atoms with Gasteiger partial charge in [-0.2, -0.15) is 11.8 Å². The minimum absolute atomic E-state index is 0.146. The van der Waals surface area contributed by atoms with Crippen LogP contribution in [0, 0.1) is 6.92 Å². The second-order valence-corrected chi connectivity index (χ2v) is 6.36. The monoisotopic (exact) mass is 256 g/mol. The molecule has 1 amide bonds. The zero-order chi connectivity index (χ0) is 11.5. The molecule has 0 atom stereocenters. The van der Waals surface area contributed by atoms with E-state index in [4.69, 9.17) is 5.73 Å². The number of carbonyl (C=O) groups is 1. The third kappa shape index (κ3) is 2.52. The fourth-order valence-electron chi connectivity index (χ4n) is 1.71. The van der Waals surface area contributed by atoms with Gasteiger partial charge in [0.15, 0.2) is 0 Å². The molecule has 0 spiro atoms. The molecule has 1 saturated heterocycles. The lowest BCUT2D eigenvalue weighted by molar-refractivity contribution is 0.0773. The van der Waals surface area contributed by atoms with Crippen LogP contribution in [0.25, 0.3) is 0 Å². The standard InChI is InChI=1S/C11H16N2OS2/c1-8-9(12)7-10(16-8)11(14)13-3-2-5-15-6-4-13/h7H,2-6,12H2,1H3. The van der Waals surface area contributed by atoms with Crippen molar-refractivity contribution in [1.82, 2.24) is 4.90 Å². The van der Waals surface area contributed by atoms with Crippen LogP contribution in [-0.4, -0.2) is 35.4 Å². The minimum atomic E-state index is 0.146. The van der Waals surface area contributed by atoms with Gasteiger partial charge in [-0.3, -0.25) is 4.79 Å². The molecule has 1 fully saturated rings. The number of nitrogens with two attached hydrogens (primary N) is 1. The largest absolute Gasteiger partial charge is 0.398 e. The Balaban J connectivity index is 2.11. The lowest BCUT2D eigenvalue weighted by Crippen LogP contribution is -2.32. The van der Waals surface area contributed by atoms with E-state index in [1.54, 1.807) is 6.07 Å². The van der Waals surface area contributed by atoms with Crippen molar-refractivity contribution < 1.29 is 4.79 Å². The smallest absolute Gasteiger partial charge is 0.264 e. The van der Waals surface area contributed by atoms with E-state index >= 15 is 0 Å². The van der Waals surface area contributed by atoms with Crippen LogP contribution in [0.15, 0.2) is 6.07 Å². The highest BCUT2D eigenvalue weighted by atomic mass is 32.2. The normalized spacial score (nSPS) is 17.2. The zero-order valence-corrected chi connectivity index (χ0v) is 11.0. The fourth-order valence-corrected chi connectivity index (χ4v) is 3.50. The van der Waals surface area contributed by atoms with E-state index in [1.165, 1.54) is 11.3 Å². The highest BCUT2D eigenvalue weighted by Crippen LogP contribution is 2.25. The Bertz CT molecular complexity index is 362. The van der Waals surface area contributed by atoms with Gasteiger partial charge in [-0.05, 0) is 25.2 Å². The van der Waals surface area contributed by atoms with Crippen molar-refractivity contribution in [3.63, 3.8) is 0 Å². The number of amides is 1. The topological polar surface area (TPSA) is 46.3 Å². The molecule has 2 N–H and O–H groups in total. The number of hydrogen-bond donors (Lipinski definition) is 1. The first-order valence-corrected chi connectivity index (χ1v) is 7.38. The van der Waals surface area contributed by atoms with E-state index in [9.17, 15) is 4.79 Å². The number of hydrogen-bond acceptors (Lipinski definition) is 4. The molecule has 88 valence electrons. The van der Waals surface area contributed by atoms with Crippen molar-refractivity contribution in [3.05, 3.63) is 15.8 Å². The summed E-state index contributed by atoms with van der Waals surface area (Å²) in [6, 6.07) is 1.81. The number of rotatable bonds is 1. The van der Waals surface area contributed by atoms with Gasteiger partial charge in [0.2, 0.25) is 0 Å². The maximum absolute atomic E-state index is 12.2. The highest BCUT2D eigenvalue weighted by molar-refractivity contribution is 7.99. The maximum Gasteiger partial charge on any atom is 0.264 e. The Morgan fingerprint density at radius 1 is 1.44 bits per heavy atom. The molecule has 16 heavy (non-hydrogen) atoms. The minimum Gasteiger partial charge on any atom is -0.398 e. The van der Waals surface area contributed by atoms with E-state index in [0.717, 1.165) is 46.5 Å². The molecule has 0 aromatic carbocycles. The molecule has 3 nitrogen and oxygen atoms in total. The average Bonchev–Trinajstić information content (AvgIpc) is 2.51. The molecule has 0 unspecified atom stereocenters. The van der Waals surface area contributed by atoms with Crippen molar-refractivity contribution in [2.24, 2.45) is 0 Å². The first kappa shape index (κ1) is 11.8. The van der Waals surface area contributed by atoms with Gasteiger partial charge in [0.1, 0.15) is 0 Å². The lowest BCUT2D eigenvalue weighted by Gasteiger charge is -2.18. The molecule has 0 bridgehead atoms. The van der Waals surface area contributed by atoms with Crippen LogP contribution in [0.5, 0.6) is 0 Å². The third-order valence-corrected chi connectivity index (χ3v) is 4.78. The molecule has 0 saturated carbocycles. The molecule has 0 radical (unpaired) electrons. The first-order valence-electron chi connectivity index (χ1n) is 5.41. The Morgan fingerprint density at radius 2 is 2.25 bits per heavy atom. The van der Waals surface area contributed by atoms with Gasteiger partial charge in [0.25, 0.3) is 5.91 Å². The van der Waals surface area contributed by atoms with Crippen LogP contribution in [0.4, 0.5) is 5.69 Å². The van der Waals surface area contributed by atoms with Crippen molar-refractivity contribution >= 4 is 34.7 Å². The molecular formula is C11H16N2OS2. The maximum atomic E-state index is 12.2. The lowest BCUT2D eigenvalue weighted by atomic mass is 10.3. The number of anilines is 1. The van der Waals surface area contributed by atoms with Crippen molar-refractivity contribution in [2.75, 3.05) is 30.3 Å². The average molecular weight is 256 g/mol. The van der Waals surface area contributed by atoms with E-state index in [1.807, 2.05) is 23.6 Å². The Hall–Kier alpha value is -0.680. The van der Waals surface area contributed by atoms with Crippen LogP contribution in [-0.2, 0) is 0 Å². The fraction of sp³-hybridized carbons (Fsp3) is 0.545. The van der Waals surface area contributed by atoms with Gasteiger partial charge in [-0.1, -0.05) is 0 Å². The summed E-state index contributed by atoms with van der Waals surface area (Å²) in [6.45, 7) is 3.69. The predicted octanol–water partition coefficient (Wildman–Crippen LogP) is 2.22. The second-order valence-electron chi connectivity index (χ2n) is 3.88. The summed E-state index contributed by atoms with van der Waals surface area (Å²) in [4.78, 5) is 16.0. The molecule has 0 aliphatic carbocycles. The number of thioether (sulfide) groups is 1. The quantitative estimate of drug-likeness (QED) is 0.838. The van der Waals surface area contributed by atoms with E-state index in [2.05, 4.69) is 0 Å². The summed E-state index contributed by atoms with van der Waals surface area (Å²) < 4.78 is 0. The number of thiophene rings is 1. The molecule has 5 heteroatoms.